The van der Waals surface area contributed by atoms with E-state index >= 15 is 0 Å². The zero-order valence-corrected chi connectivity index (χ0v) is 13.8. The van der Waals surface area contributed by atoms with Gasteiger partial charge < -0.3 is 5.11 Å². The highest BCUT2D eigenvalue weighted by Crippen LogP contribution is 2.26. The van der Waals surface area contributed by atoms with E-state index in [-0.39, 0.29) is 24.3 Å². The number of hydrogen-bond acceptors (Lipinski definition) is 3. The van der Waals surface area contributed by atoms with Crippen molar-refractivity contribution in [3.8, 4) is 11.3 Å². The topological polar surface area (TPSA) is 79.0 Å². The molecule has 0 unspecified atom stereocenters. The lowest BCUT2D eigenvalue weighted by Gasteiger charge is -2.10. The monoisotopic (exact) mass is 343 g/mol. The van der Waals surface area contributed by atoms with Crippen LogP contribution in [0.3, 0.4) is 0 Å². The van der Waals surface area contributed by atoms with Gasteiger partial charge in [0.1, 0.15) is 5.49 Å². The zero-order valence-electron chi connectivity index (χ0n) is 13.0. The number of halogens is 1. The van der Waals surface area contributed by atoms with Gasteiger partial charge in [-0.1, -0.05) is 42.5 Å². The Balaban J connectivity index is 0.00000208. The van der Waals surface area contributed by atoms with Crippen LogP contribution in [0.25, 0.3) is 22.0 Å². The molecule has 0 bridgehead atoms. The minimum atomic E-state index is -0.831. The van der Waals surface area contributed by atoms with E-state index in [1.54, 1.807) is 10.7 Å². The van der Waals surface area contributed by atoms with Crippen molar-refractivity contribution in [2.75, 3.05) is 0 Å². The summed E-state index contributed by atoms with van der Waals surface area (Å²) in [6.45, 7) is 0.420. The molecule has 124 valence electrons. The maximum absolute atomic E-state index is 10.6. The molecule has 0 aliphatic heterocycles. The summed E-state index contributed by atoms with van der Waals surface area (Å²) in [6.07, 6.45) is 0.532. The summed E-state index contributed by atoms with van der Waals surface area (Å²) in [6, 6.07) is 17.7. The molecule has 0 saturated heterocycles. The predicted octanol–water partition coefficient (Wildman–Crippen LogP) is 3.47. The number of carboxylic acid groups (broad SMARTS) is 1. The first kappa shape index (κ1) is 17.7. The van der Waals surface area contributed by atoms with Crippen LogP contribution in [0.4, 0.5) is 0 Å². The van der Waals surface area contributed by atoms with Crippen LogP contribution in [-0.4, -0.2) is 20.9 Å². The van der Waals surface area contributed by atoms with Gasteiger partial charge in [0.15, 0.2) is 0 Å². The molecule has 0 saturated carbocycles. The average molecular weight is 344 g/mol. The smallest absolute Gasteiger partial charge is 0.303 e. The highest BCUT2D eigenvalue weighted by molar-refractivity contribution is 5.95. The number of hydrogen-bond donors (Lipinski definition) is 2. The Bertz CT molecular complexity index is 916. The second kappa shape index (κ2) is 7.75. The van der Waals surface area contributed by atoms with Gasteiger partial charge in [0.2, 0.25) is 0 Å². The zero-order chi connectivity index (χ0) is 16.2. The summed E-state index contributed by atoms with van der Waals surface area (Å²) < 4.78 is 1.56. The molecule has 0 spiro atoms. The fraction of sp³-hybridized carbons (Fsp3) is 0.167. The van der Waals surface area contributed by atoms with Crippen molar-refractivity contribution in [1.82, 2.24) is 9.78 Å². The Morgan fingerprint density at radius 3 is 2.62 bits per heavy atom. The summed E-state index contributed by atoms with van der Waals surface area (Å²) in [7, 11) is 0. The van der Waals surface area contributed by atoms with E-state index in [9.17, 15) is 4.79 Å². The van der Waals surface area contributed by atoms with Gasteiger partial charge in [0.25, 0.3) is 0 Å². The fourth-order valence-electron chi connectivity index (χ4n) is 2.60. The summed E-state index contributed by atoms with van der Waals surface area (Å²) in [4.78, 5) is 10.6. The maximum Gasteiger partial charge on any atom is 0.303 e. The summed E-state index contributed by atoms with van der Waals surface area (Å²) in [5.41, 5.74) is 2.07. The molecule has 1 heterocycles. The molecule has 3 aromatic rings. The Hall–Kier alpha value is -2.66. The number of fused-ring (bicyclic) bond motifs is 1. The van der Waals surface area contributed by atoms with Gasteiger partial charge in [-0.3, -0.25) is 10.2 Å². The highest BCUT2D eigenvalue weighted by atomic mass is 35.5. The largest absolute Gasteiger partial charge is 0.481 e. The van der Waals surface area contributed by atoms with Crippen LogP contribution in [0.5, 0.6) is 0 Å². The molecular formula is C18H18ClN3O2. The van der Waals surface area contributed by atoms with E-state index in [0.29, 0.717) is 13.0 Å². The van der Waals surface area contributed by atoms with E-state index in [0.717, 1.165) is 22.0 Å². The normalized spacial score (nSPS) is 10.3. The molecule has 0 radical (unpaired) electrons. The summed E-state index contributed by atoms with van der Waals surface area (Å²) in [5, 5.41) is 23.4. The first-order valence-corrected chi connectivity index (χ1v) is 7.48. The maximum atomic E-state index is 10.6. The minimum Gasteiger partial charge on any atom is -0.481 e. The first-order chi connectivity index (χ1) is 11.1. The van der Waals surface area contributed by atoms with Gasteiger partial charge >= 0.3 is 5.97 Å². The second-order valence-corrected chi connectivity index (χ2v) is 5.35. The van der Waals surface area contributed by atoms with Gasteiger partial charge in [0, 0.05) is 18.5 Å². The van der Waals surface area contributed by atoms with Crippen molar-refractivity contribution < 1.29 is 9.90 Å². The standard InChI is InChI=1S/C18H17N3O2.ClH/c19-17-11-10-16(20-21(17)12-4-9-18(22)23)15-8-3-6-13-5-1-2-7-14(13)15;/h1-3,5-8,10-11,19H,4,9,12H2,(H,22,23);1H. The molecule has 1 aromatic heterocycles. The van der Waals surface area contributed by atoms with Gasteiger partial charge in [-0.15, -0.1) is 12.4 Å². The van der Waals surface area contributed by atoms with Crippen LogP contribution in [0.15, 0.2) is 54.6 Å². The quantitative estimate of drug-likeness (QED) is 0.744. The van der Waals surface area contributed by atoms with E-state index in [1.807, 2.05) is 30.3 Å². The second-order valence-electron chi connectivity index (χ2n) is 5.35. The summed E-state index contributed by atoms with van der Waals surface area (Å²) >= 11 is 0. The number of rotatable bonds is 5. The molecular weight excluding hydrogens is 326 g/mol. The van der Waals surface area contributed by atoms with E-state index in [2.05, 4.69) is 23.3 Å². The van der Waals surface area contributed by atoms with Crippen LogP contribution in [-0.2, 0) is 11.3 Å². The molecule has 0 fully saturated rings. The van der Waals surface area contributed by atoms with Gasteiger partial charge in [0.05, 0.1) is 5.69 Å². The number of carbonyl (C=O) groups is 1. The minimum absolute atomic E-state index is 0. The summed E-state index contributed by atoms with van der Waals surface area (Å²) in [5.74, 6) is -0.831. The Kier molecular flexibility index (Phi) is 5.71. The number of aliphatic carboxylic acids is 1. The van der Waals surface area contributed by atoms with Crippen LogP contribution in [0, 0.1) is 5.41 Å². The highest BCUT2D eigenvalue weighted by Gasteiger charge is 2.06. The molecule has 0 aliphatic carbocycles. The van der Waals surface area contributed by atoms with Crippen molar-refractivity contribution in [2.45, 2.75) is 19.4 Å². The van der Waals surface area contributed by atoms with Crippen molar-refractivity contribution in [2.24, 2.45) is 0 Å². The lowest BCUT2D eigenvalue weighted by atomic mass is 10.0. The van der Waals surface area contributed by atoms with Crippen LogP contribution in [0.1, 0.15) is 12.8 Å². The van der Waals surface area contributed by atoms with E-state index in [1.165, 1.54) is 0 Å². The number of nitrogens with zero attached hydrogens (tertiary/aromatic N) is 2. The molecule has 2 aromatic carbocycles. The third-order valence-corrected chi connectivity index (χ3v) is 3.73. The molecule has 0 atom stereocenters. The van der Waals surface area contributed by atoms with Crippen molar-refractivity contribution in [3.05, 3.63) is 60.1 Å². The predicted molar refractivity (Wildman–Crippen MR) is 95.1 cm³/mol. The molecule has 5 nitrogen and oxygen atoms in total. The van der Waals surface area contributed by atoms with Crippen LogP contribution in [0.2, 0.25) is 0 Å². The molecule has 2 N–H and O–H groups in total. The number of aromatic nitrogens is 2. The van der Waals surface area contributed by atoms with E-state index in [4.69, 9.17) is 10.5 Å². The van der Waals surface area contributed by atoms with Gasteiger partial charge in [-0.2, -0.15) is 5.10 Å². The molecule has 0 amide bonds. The van der Waals surface area contributed by atoms with Crippen LogP contribution >= 0.6 is 12.4 Å². The van der Waals surface area contributed by atoms with Crippen molar-refractivity contribution in [3.63, 3.8) is 0 Å². The number of benzene rings is 2. The molecule has 24 heavy (non-hydrogen) atoms. The number of nitrogens with one attached hydrogen (secondary N) is 1. The van der Waals surface area contributed by atoms with Gasteiger partial charge in [-0.25, -0.2) is 4.68 Å². The Morgan fingerprint density at radius 2 is 1.83 bits per heavy atom. The SMILES string of the molecule is Cl.N=c1ccc(-c2cccc3ccccc23)nn1CCCC(=O)O. The first-order valence-electron chi connectivity index (χ1n) is 7.48. The van der Waals surface area contributed by atoms with Crippen LogP contribution < -0.4 is 5.49 Å². The third kappa shape index (κ3) is 3.81. The molecule has 6 heteroatoms. The number of aryl methyl sites for hydroxylation is 1. The van der Waals surface area contributed by atoms with Gasteiger partial charge in [-0.05, 0) is 29.3 Å². The van der Waals surface area contributed by atoms with E-state index < -0.39 is 5.97 Å². The van der Waals surface area contributed by atoms with Crippen molar-refractivity contribution in [1.29, 1.82) is 5.41 Å². The fourth-order valence-corrected chi connectivity index (χ4v) is 2.60. The Morgan fingerprint density at radius 1 is 1.08 bits per heavy atom. The van der Waals surface area contributed by atoms with Crippen molar-refractivity contribution >= 4 is 29.1 Å². The number of carboxylic acids is 1. The molecule has 3 rings (SSSR count). The molecule has 0 aliphatic rings. The average Bonchev–Trinajstić information content (AvgIpc) is 2.56. The lowest BCUT2D eigenvalue weighted by molar-refractivity contribution is -0.137. The Labute approximate surface area is 145 Å². The third-order valence-electron chi connectivity index (χ3n) is 3.73. The lowest BCUT2D eigenvalue weighted by Crippen LogP contribution is -2.23.